The Labute approximate surface area is 128 Å². The normalized spacial score (nSPS) is 11.9. The number of hydrogen-bond donors (Lipinski definition) is 2. The van der Waals surface area contributed by atoms with Gasteiger partial charge in [-0.1, -0.05) is 23.7 Å². The largest absolute Gasteiger partial charge is 0.396 e. The molecule has 0 spiro atoms. The average Bonchev–Trinajstić information content (AvgIpc) is 2.52. The standard InChI is InChI=1S/C16H17ClN2O2/c17-14-5-3-4-13(9-14)16(21)19-10-12(11-20)8-15-6-1-2-7-18-15/h1-7,9,12,20H,8,10-11H2,(H,19,21). The van der Waals surface area contributed by atoms with Gasteiger partial charge >= 0.3 is 0 Å². The number of aliphatic hydroxyl groups excluding tert-OH is 1. The maximum atomic E-state index is 12.0. The van der Waals surface area contributed by atoms with Gasteiger partial charge in [0.2, 0.25) is 0 Å². The molecule has 0 radical (unpaired) electrons. The zero-order valence-corrected chi connectivity index (χ0v) is 12.3. The van der Waals surface area contributed by atoms with Crippen LogP contribution in [0, 0.1) is 5.92 Å². The van der Waals surface area contributed by atoms with Crippen LogP contribution in [0.2, 0.25) is 5.02 Å². The Morgan fingerprint density at radius 1 is 1.29 bits per heavy atom. The van der Waals surface area contributed by atoms with Crippen LogP contribution in [0.15, 0.2) is 48.7 Å². The molecule has 0 bridgehead atoms. The maximum Gasteiger partial charge on any atom is 0.251 e. The lowest BCUT2D eigenvalue weighted by Gasteiger charge is -2.14. The minimum atomic E-state index is -0.197. The molecular weight excluding hydrogens is 288 g/mol. The fourth-order valence-electron chi connectivity index (χ4n) is 1.98. The summed E-state index contributed by atoms with van der Waals surface area (Å²) in [5.41, 5.74) is 1.41. The summed E-state index contributed by atoms with van der Waals surface area (Å²) in [7, 11) is 0. The highest BCUT2D eigenvalue weighted by molar-refractivity contribution is 6.30. The van der Waals surface area contributed by atoms with Crippen molar-refractivity contribution in [1.29, 1.82) is 0 Å². The van der Waals surface area contributed by atoms with Crippen LogP contribution in [0.5, 0.6) is 0 Å². The zero-order valence-electron chi connectivity index (χ0n) is 11.5. The number of rotatable bonds is 6. The van der Waals surface area contributed by atoms with E-state index in [2.05, 4.69) is 10.3 Å². The summed E-state index contributed by atoms with van der Waals surface area (Å²) in [6, 6.07) is 12.4. The van der Waals surface area contributed by atoms with Gasteiger partial charge in [-0.3, -0.25) is 9.78 Å². The smallest absolute Gasteiger partial charge is 0.251 e. The van der Waals surface area contributed by atoms with Crippen molar-refractivity contribution >= 4 is 17.5 Å². The van der Waals surface area contributed by atoms with Gasteiger partial charge in [0, 0.05) is 41.5 Å². The van der Waals surface area contributed by atoms with Gasteiger partial charge in [0.25, 0.3) is 5.91 Å². The number of nitrogens with one attached hydrogen (secondary N) is 1. The molecule has 0 aliphatic carbocycles. The lowest BCUT2D eigenvalue weighted by Crippen LogP contribution is -2.32. The summed E-state index contributed by atoms with van der Waals surface area (Å²) in [5, 5.41) is 12.7. The highest BCUT2D eigenvalue weighted by atomic mass is 35.5. The van der Waals surface area contributed by atoms with Crippen molar-refractivity contribution in [1.82, 2.24) is 10.3 Å². The second-order valence-corrected chi connectivity index (χ2v) is 5.23. The molecular formula is C16H17ClN2O2. The second-order valence-electron chi connectivity index (χ2n) is 4.79. The van der Waals surface area contributed by atoms with Crippen LogP contribution in [0.25, 0.3) is 0 Å². The number of aromatic nitrogens is 1. The van der Waals surface area contributed by atoms with E-state index in [1.54, 1.807) is 30.5 Å². The van der Waals surface area contributed by atoms with Crippen LogP contribution in [0.3, 0.4) is 0 Å². The molecule has 1 aromatic heterocycles. The molecule has 0 aliphatic heterocycles. The van der Waals surface area contributed by atoms with Gasteiger partial charge in [-0.2, -0.15) is 0 Å². The maximum absolute atomic E-state index is 12.0. The van der Waals surface area contributed by atoms with Crippen molar-refractivity contribution in [2.75, 3.05) is 13.2 Å². The number of pyridine rings is 1. The lowest BCUT2D eigenvalue weighted by atomic mass is 10.0. The molecule has 0 saturated carbocycles. The van der Waals surface area contributed by atoms with Crippen molar-refractivity contribution in [2.45, 2.75) is 6.42 Å². The van der Waals surface area contributed by atoms with Crippen molar-refractivity contribution in [3.05, 3.63) is 64.9 Å². The highest BCUT2D eigenvalue weighted by Gasteiger charge is 2.12. The first-order chi connectivity index (χ1) is 10.2. The molecule has 2 rings (SSSR count). The van der Waals surface area contributed by atoms with E-state index >= 15 is 0 Å². The van der Waals surface area contributed by atoms with Crippen LogP contribution in [-0.4, -0.2) is 29.1 Å². The summed E-state index contributed by atoms with van der Waals surface area (Å²) in [6.07, 6.45) is 2.33. The molecule has 5 heteroatoms. The first-order valence-electron chi connectivity index (χ1n) is 6.73. The van der Waals surface area contributed by atoms with E-state index in [4.69, 9.17) is 11.6 Å². The summed E-state index contributed by atoms with van der Waals surface area (Å²) >= 11 is 5.86. The zero-order chi connectivity index (χ0) is 15.1. The fourth-order valence-corrected chi connectivity index (χ4v) is 2.18. The number of amides is 1. The molecule has 110 valence electrons. The van der Waals surface area contributed by atoms with E-state index in [0.717, 1.165) is 5.69 Å². The number of benzene rings is 1. The van der Waals surface area contributed by atoms with Crippen LogP contribution < -0.4 is 5.32 Å². The molecule has 1 heterocycles. The third kappa shape index (κ3) is 4.85. The minimum Gasteiger partial charge on any atom is -0.396 e. The van der Waals surface area contributed by atoms with Crippen LogP contribution >= 0.6 is 11.6 Å². The quantitative estimate of drug-likeness (QED) is 0.861. The number of halogens is 1. The minimum absolute atomic E-state index is 0.00754. The first kappa shape index (κ1) is 15.5. The van der Waals surface area contributed by atoms with Crippen molar-refractivity contribution in [2.24, 2.45) is 5.92 Å². The van der Waals surface area contributed by atoms with Crippen LogP contribution in [0.1, 0.15) is 16.1 Å². The highest BCUT2D eigenvalue weighted by Crippen LogP contribution is 2.11. The van der Waals surface area contributed by atoms with E-state index in [9.17, 15) is 9.90 Å². The molecule has 0 saturated heterocycles. The average molecular weight is 305 g/mol. The Morgan fingerprint density at radius 3 is 2.81 bits per heavy atom. The molecule has 2 N–H and O–H groups in total. The lowest BCUT2D eigenvalue weighted by molar-refractivity contribution is 0.0940. The molecule has 21 heavy (non-hydrogen) atoms. The Hall–Kier alpha value is -1.91. The van der Waals surface area contributed by atoms with Crippen LogP contribution in [-0.2, 0) is 6.42 Å². The third-order valence-electron chi connectivity index (χ3n) is 3.12. The number of nitrogens with zero attached hydrogens (tertiary/aromatic N) is 1. The van der Waals surface area contributed by atoms with Crippen molar-refractivity contribution in [3.8, 4) is 0 Å². The molecule has 1 amide bonds. The monoisotopic (exact) mass is 304 g/mol. The van der Waals surface area contributed by atoms with E-state index in [1.807, 2.05) is 18.2 Å². The summed E-state index contributed by atoms with van der Waals surface area (Å²) in [4.78, 5) is 16.2. The third-order valence-corrected chi connectivity index (χ3v) is 3.36. The van der Waals surface area contributed by atoms with Gasteiger partial charge in [-0.05, 0) is 36.8 Å². The van der Waals surface area contributed by atoms with E-state index in [-0.39, 0.29) is 18.4 Å². The molecule has 2 aromatic rings. The van der Waals surface area contributed by atoms with E-state index in [0.29, 0.717) is 23.6 Å². The summed E-state index contributed by atoms with van der Waals surface area (Å²) in [6.45, 7) is 0.380. The number of carbonyl (C=O) groups excluding carboxylic acids is 1. The molecule has 0 aliphatic rings. The number of hydrogen-bond acceptors (Lipinski definition) is 3. The van der Waals surface area contributed by atoms with Gasteiger partial charge in [0.15, 0.2) is 0 Å². The molecule has 1 unspecified atom stereocenters. The molecule has 4 nitrogen and oxygen atoms in total. The van der Waals surface area contributed by atoms with Gasteiger partial charge in [-0.25, -0.2) is 0 Å². The Kier molecular flexibility index (Phi) is 5.72. The van der Waals surface area contributed by atoms with Gasteiger partial charge in [0.05, 0.1) is 0 Å². The van der Waals surface area contributed by atoms with Gasteiger partial charge in [0.1, 0.15) is 0 Å². The first-order valence-corrected chi connectivity index (χ1v) is 7.11. The second kappa shape index (κ2) is 7.76. The SMILES string of the molecule is O=C(NCC(CO)Cc1ccccn1)c1cccc(Cl)c1. The molecule has 0 fully saturated rings. The predicted molar refractivity (Wildman–Crippen MR) is 82.3 cm³/mol. The van der Waals surface area contributed by atoms with Gasteiger partial charge in [-0.15, -0.1) is 0 Å². The van der Waals surface area contributed by atoms with E-state index < -0.39 is 0 Å². The predicted octanol–water partition coefficient (Wildman–Crippen LogP) is 2.32. The van der Waals surface area contributed by atoms with Gasteiger partial charge < -0.3 is 10.4 Å². The topological polar surface area (TPSA) is 62.2 Å². The molecule has 1 aromatic carbocycles. The number of carbonyl (C=O) groups is 1. The Balaban J connectivity index is 1.89. The summed E-state index contributed by atoms with van der Waals surface area (Å²) < 4.78 is 0. The Bertz CT molecular complexity index is 590. The Morgan fingerprint density at radius 2 is 2.14 bits per heavy atom. The molecule has 1 atom stereocenters. The van der Waals surface area contributed by atoms with E-state index in [1.165, 1.54) is 0 Å². The van der Waals surface area contributed by atoms with Crippen molar-refractivity contribution in [3.63, 3.8) is 0 Å². The van der Waals surface area contributed by atoms with Crippen molar-refractivity contribution < 1.29 is 9.90 Å². The summed E-state index contributed by atoms with van der Waals surface area (Å²) in [5.74, 6) is -0.264. The number of aliphatic hydroxyl groups is 1. The van der Waals surface area contributed by atoms with Crippen LogP contribution in [0.4, 0.5) is 0 Å². The fraction of sp³-hybridized carbons (Fsp3) is 0.250.